The van der Waals surface area contributed by atoms with Crippen molar-refractivity contribution in [2.24, 2.45) is 0 Å². The number of ether oxygens (including phenoxy) is 1. The molecule has 2 aromatic carbocycles. The molecule has 17 heavy (non-hydrogen) atoms. The van der Waals surface area contributed by atoms with E-state index >= 15 is 0 Å². The highest BCUT2D eigenvalue weighted by Gasteiger charge is 1.99. The van der Waals surface area contributed by atoms with Crippen molar-refractivity contribution in [1.29, 1.82) is 0 Å². The Morgan fingerprint density at radius 3 is 2.41 bits per heavy atom. The zero-order valence-electron chi connectivity index (χ0n) is 9.97. The normalized spacial score (nSPS) is 10.6. The number of para-hydroxylation sites is 1. The second kappa shape index (κ2) is 5.90. The Bertz CT molecular complexity index is 486. The quantitative estimate of drug-likeness (QED) is 0.752. The largest absolute Gasteiger partial charge is 0.488 e. The van der Waals surface area contributed by atoms with E-state index in [-0.39, 0.29) is 0 Å². The molecule has 0 fully saturated rings. The molecule has 0 aliphatic carbocycles. The molecule has 2 aromatic rings. The first-order chi connectivity index (χ1) is 8.40. The fourth-order valence-corrected chi connectivity index (χ4v) is 1.66. The molecule has 0 aliphatic rings. The molecule has 0 spiro atoms. The monoisotopic (exact) mass is 224 g/mol. The Morgan fingerprint density at radius 2 is 1.65 bits per heavy atom. The lowest BCUT2D eigenvalue weighted by atomic mass is 10.2. The highest BCUT2D eigenvalue weighted by molar-refractivity contribution is 5.56. The van der Waals surface area contributed by atoms with Gasteiger partial charge in [-0.25, -0.2) is 0 Å². The topological polar surface area (TPSA) is 9.23 Å². The second-order valence-electron chi connectivity index (χ2n) is 3.81. The van der Waals surface area contributed by atoms with Gasteiger partial charge in [0.25, 0.3) is 0 Å². The highest BCUT2D eigenvalue weighted by Crippen LogP contribution is 2.20. The van der Waals surface area contributed by atoms with Crippen LogP contribution in [0.3, 0.4) is 0 Å². The number of benzene rings is 2. The van der Waals surface area contributed by atoms with Crippen LogP contribution in [0.1, 0.15) is 18.1 Å². The molecule has 2 rings (SSSR count). The van der Waals surface area contributed by atoms with Gasteiger partial charge in [0.05, 0.1) is 0 Å². The summed E-state index contributed by atoms with van der Waals surface area (Å²) >= 11 is 0. The first-order valence-electron chi connectivity index (χ1n) is 5.78. The minimum absolute atomic E-state index is 0.607. The number of hydrogen-bond donors (Lipinski definition) is 0. The lowest BCUT2D eigenvalue weighted by molar-refractivity contribution is 0.305. The molecule has 1 heteroatoms. The van der Waals surface area contributed by atoms with E-state index in [1.807, 2.05) is 49.4 Å². The van der Waals surface area contributed by atoms with Crippen molar-refractivity contribution in [2.75, 3.05) is 0 Å². The molecule has 1 nitrogen and oxygen atoms in total. The molecular formula is C16H16O. The molecule has 0 saturated heterocycles. The molecule has 0 bridgehead atoms. The van der Waals surface area contributed by atoms with E-state index in [0.29, 0.717) is 6.61 Å². The van der Waals surface area contributed by atoms with Crippen LogP contribution < -0.4 is 4.74 Å². The number of hydrogen-bond acceptors (Lipinski definition) is 1. The Morgan fingerprint density at radius 1 is 0.941 bits per heavy atom. The average Bonchev–Trinajstić information content (AvgIpc) is 2.39. The van der Waals surface area contributed by atoms with Crippen LogP contribution in [-0.2, 0) is 6.61 Å². The smallest absolute Gasteiger partial charge is 0.127 e. The predicted octanol–water partition coefficient (Wildman–Crippen LogP) is 4.30. The van der Waals surface area contributed by atoms with Crippen LogP contribution in [0.4, 0.5) is 0 Å². The molecule has 0 radical (unpaired) electrons. The molecule has 86 valence electrons. The summed E-state index contributed by atoms with van der Waals surface area (Å²) in [5.74, 6) is 0.925. The van der Waals surface area contributed by atoms with Gasteiger partial charge in [-0.2, -0.15) is 0 Å². The SMILES string of the molecule is C/C=C/c1ccccc1OCc1ccccc1. The Labute approximate surface area is 102 Å². The van der Waals surface area contributed by atoms with Gasteiger partial charge in [0.15, 0.2) is 0 Å². The minimum Gasteiger partial charge on any atom is -0.488 e. The molecule has 0 aliphatic heterocycles. The summed E-state index contributed by atoms with van der Waals surface area (Å²) in [7, 11) is 0. The maximum Gasteiger partial charge on any atom is 0.127 e. The summed E-state index contributed by atoms with van der Waals surface area (Å²) in [6.45, 7) is 2.61. The summed E-state index contributed by atoms with van der Waals surface area (Å²) in [4.78, 5) is 0. The van der Waals surface area contributed by atoms with Crippen LogP contribution in [0.15, 0.2) is 60.7 Å². The van der Waals surface area contributed by atoms with Crippen LogP contribution in [-0.4, -0.2) is 0 Å². The first kappa shape index (κ1) is 11.5. The van der Waals surface area contributed by atoms with Crippen LogP contribution in [0, 0.1) is 0 Å². The second-order valence-corrected chi connectivity index (χ2v) is 3.81. The Hall–Kier alpha value is -2.02. The van der Waals surface area contributed by atoms with Gasteiger partial charge in [0, 0.05) is 5.56 Å². The number of rotatable bonds is 4. The van der Waals surface area contributed by atoms with E-state index in [4.69, 9.17) is 4.74 Å². The Balaban J connectivity index is 2.09. The minimum atomic E-state index is 0.607. The first-order valence-corrected chi connectivity index (χ1v) is 5.78. The predicted molar refractivity (Wildman–Crippen MR) is 71.9 cm³/mol. The summed E-state index contributed by atoms with van der Waals surface area (Å²) < 4.78 is 5.82. The van der Waals surface area contributed by atoms with Gasteiger partial charge in [-0.15, -0.1) is 0 Å². The molecule has 0 amide bonds. The molecule has 0 aromatic heterocycles. The van der Waals surface area contributed by atoms with E-state index < -0.39 is 0 Å². The van der Waals surface area contributed by atoms with E-state index in [0.717, 1.165) is 11.3 Å². The van der Waals surface area contributed by atoms with Crippen molar-refractivity contribution < 1.29 is 4.74 Å². The third-order valence-electron chi connectivity index (χ3n) is 2.50. The van der Waals surface area contributed by atoms with Crippen molar-refractivity contribution in [3.05, 3.63) is 71.8 Å². The summed E-state index contributed by atoms with van der Waals surface area (Å²) in [6, 6.07) is 18.3. The van der Waals surface area contributed by atoms with E-state index in [2.05, 4.69) is 24.3 Å². The van der Waals surface area contributed by atoms with Crippen molar-refractivity contribution >= 4 is 6.08 Å². The lowest BCUT2D eigenvalue weighted by Gasteiger charge is -2.09. The van der Waals surface area contributed by atoms with Gasteiger partial charge in [-0.3, -0.25) is 0 Å². The van der Waals surface area contributed by atoms with E-state index in [1.165, 1.54) is 5.56 Å². The van der Waals surface area contributed by atoms with Crippen LogP contribution in [0.5, 0.6) is 5.75 Å². The van der Waals surface area contributed by atoms with E-state index in [1.54, 1.807) is 0 Å². The maximum absolute atomic E-state index is 5.82. The maximum atomic E-state index is 5.82. The average molecular weight is 224 g/mol. The van der Waals surface area contributed by atoms with E-state index in [9.17, 15) is 0 Å². The molecular weight excluding hydrogens is 208 g/mol. The lowest BCUT2D eigenvalue weighted by Crippen LogP contribution is -1.96. The molecule has 0 atom stereocenters. The molecule has 0 unspecified atom stereocenters. The van der Waals surface area contributed by atoms with Crippen molar-refractivity contribution in [1.82, 2.24) is 0 Å². The molecule has 0 N–H and O–H groups in total. The summed E-state index contributed by atoms with van der Waals surface area (Å²) in [6.07, 6.45) is 4.07. The highest BCUT2D eigenvalue weighted by atomic mass is 16.5. The van der Waals surface area contributed by atoms with Crippen LogP contribution in [0.25, 0.3) is 6.08 Å². The van der Waals surface area contributed by atoms with Gasteiger partial charge in [-0.05, 0) is 18.6 Å². The summed E-state index contributed by atoms with van der Waals surface area (Å²) in [5, 5.41) is 0. The third-order valence-corrected chi connectivity index (χ3v) is 2.50. The molecule has 0 saturated carbocycles. The summed E-state index contributed by atoms with van der Waals surface area (Å²) in [5.41, 5.74) is 2.30. The van der Waals surface area contributed by atoms with Gasteiger partial charge in [0.1, 0.15) is 12.4 Å². The van der Waals surface area contributed by atoms with Crippen LogP contribution in [0.2, 0.25) is 0 Å². The van der Waals surface area contributed by atoms with Gasteiger partial charge >= 0.3 is 0 Å². The van der Waals surface area contributed by atoms with Crippen molar-refractivity contribution in [2.45, 2.75) is 13.5 Å². The van der Waals surface area contributed by atoms with Crippen molar-refractivity contribution in [3.8, 4) is 5.75 Å². The van der Waals surface area contributed by atoms with Crippen LogP contribution >= 0.6 is 0 Å². The van der Waals surface area contributed by atoms with Gasteiger partial charge < -0.3 is 4.74 Å². The number of allylic oxidation sites excluding steroid dienone is 1. The zero-order valence-corrected chi connectivity index (χ0v) is 9.97. The fraction of sp³-hybridized carbons (Fsp3) is 0.125. The van der Waals surface area contributed by atoms with Gasteiger partial charge in [-0.1, -0.05) is 60.7 Å². The van der Waals surface area contributed by atoms with Gasteiger partial charge in [0.2, 0.25) is 0 Å². The van der Waals surface area contributed by atoms with Crippen molar-refractivity contribution in [3.63, 3.8) is 0 Å². The zero-order chi connectivity index (χ0) is 11.9. The fourth-order valence-electron chi connectivity index (χ4n) is 1.66. The third kappa shape index (κ3) is 3.22. The Kier molecular flexibility index (Phi) is 3.98. The standard InChI is InChI=1S/C16H16O/c1-2-8-15-11-6-7-12-16(15)17-13-14-9-4-3-5-10-14/h2-12H,13H2,1H3/b8-2+. The molecule has 0 heterocycles.